The van der Waals surface area contributed by atoms with Gasteiger partial charge < -0.3 is 14.6 Å². The molecule has 0 aliphatic heterocycles. The van der Waals surface area contributed by atoms with Gasteiger partial charge in [0.15, 0.2) is 0 Å². The van der Waals surface area contributed by atoms with Crippen LogP contribution in [0.15, 0.2) is 0 Å². The average molecular weight is 543 g/mol. The molecule has 39 heavy (non-hydrogen) atoms. The predicted molar refractivity (Wildman–Crippen MR) is 151 cm³/mol. The van der Waals surface area contributed by atoms with Gasteiger partial charge in [-0.05, 0) is 125 Å². The van der Waals surface area contributed by atoms with Crippen LogP contribution in [-0.2, 0) is 19.1 Å². The van der Waals surface area contributed by atoms with Gasteiger partial charge in [0.05, 0.1) is 17.4 Å². The Morgan fingerprint density at radius 2 is 1.36 bits per heavy atom. The van der Waals surface area contributed by atoms with E-state index in [1.807, 2.05) is 20.8 Å². The lowest BCUT2D eigenvalue weighted by molar-refractivity contribution is -0.222. The third kappa shape index (κ3) is 4.69. The van der Waals surface area contributed by atoms with E-state index in [9.17, 15) is 14.7 Å². The molecule has 8 aliphatic carbocycles. The maximum absolute atomic E-state index is 12.4. The van der Waals surface area contributed by atoms with Gasteiger partial charge in [-0.3, -0.25) is 9.59 Å². The molecule has 5 nitrogen and oxygen atoms in total. The standard InChI is InChI=1S/C19H30O2.C15H24O3/c1-4-11(3)18(20)21-19(5-2)10-14-9-15(19)17-13-7-6-12(8-13)16(14)17;1-3-10(2)13(16)18-15-7-11-4-12(8-15)6-14(17,5-11)9-15/h11-17H,4-10H2,1-3H3;10-12,17H,3-9H2,1-2H3. The van der Waals surface area contributed by atoms with Crippen LogP contribution < -0.4 is 0 Å². The number of hydrogen-bond donors (Lipinski definition) is 1. The molecule has 8 aliphatic rings. The van der Waals surface area contributed by atoms with Crippen molar-refractivity contribution in [2.75, 3.05) is 0 Å². The molecule has 0 saturated heterocycles. The molecule has 5 heteroatoms. The minimum atomic E-state index is -0.542. The Labute approximate surface area is 236 Å². The van der Waals surface area contributed by atoms with Crippen LogP contribution in [0.2, 0.25) is 0 Å². The largest absolute Gasteiger partial charge is 0.459 e. The SMILES string of the molecule is CCC(C)C(=O)OC1(CC)CC2CC1C1C3CCC(C3)C21.CCC(C)C(=O)OC12CC3CC(CC(O)(C3)C1)C2. The minimum Gasteiger partial charge on any atom is -0.459 e. The van der Waals surface area contributed by atoms with Crippen LogP contribution in [0.25, 0.3) is 0 Å². The molecule has 8 bridgehead atoms. The molecule has 8 fully saturated rings. The van der Waals surface area contributed by atoms with Gasteiger partial charge in [-0.25, -0.2) is 0 Å². The summed E-state index contributed by atoms with van der Waals surface area (Å²) in [6, 6.07) is 0. The van der Waals surface area contributed by atoms with Crippen LogP contribution >= 0.6 is 0 Å². The van der Waals surface area contributed by atoms with Crippen molar-refractivity contribution in [1.82, 2.24) is 0 Å². The quantitative estimate of drug-likeness (QED) is 0.275. The lowest BCUT2D eigenvalue weighted by Crippen LogP contribution is -2.60. The molecule has 0 spiro atoms. The second-order valence-corrected chi connectivity index (χ2v) is 15.5. The summed E-state index contributed by atoms with van der Waals surface area (Å²) in [4.78, 5) is 24.5. The van der Waals surface area contributed by atoms with E-state index in [2.05, 4.69) is 13.8 Å². The zero-order chi connectivity index (χ0) is 27.7. The zero-order valence-electron chi connectivity index (χ0n) is 25.3. The summed E-state index contributed by atoms with van der Waals surface area (Å²) < 4.78 is 12.1. The van der Waals surface area contributed by atoms with Gasteiger partial charge in [0, 0.05) is 12.3 Å². The van der Waals surface area contributed by atoms with Gasteiger partial charge >= 0.3 is 11.9 Å². The van der Waals surface area contributed by atoms with Crippen LogP contribution in [0.5, 0.6) is 0 Å². The molecule has 0 radical (unpaired) electrons. The molecule has 1 N–H and O–H groups in total. The summed E-state index contributed by atoms with van der Waals surface area (Å²) in [5.74, 6) is 6.59. The van der Waals surface area contributed by atoms with Crippen molar-refractivity contribution < 1.29 is 24.2 Å². The predicted octanol–water partition coefficient (Wildman–Crippen LogP) is 7.09. The van der Waals surface area contributed by atoms with Crippen molar-refractivity contribution in [3.63, 3.8) is 0 Å². The maximum Gasteiger partial charge on any atom is 0.309 e. The topological polar surface area (TPSA) is 72.8 Å². The molecule has 0 heterocycles. The van der Waals surface area contributed by atoms with Crippen LogP contribution in [0.1, 0.15) is 125 Å². The second-order valence-electron chi connectivity index (χ2n) is 15.5. The van der Waals surface area contributed by atoms with Gasteiger partial charge in [0.1, 0.15) is 11.2 Å². The number of carbonyl (C=O) groups is 2. The number of aliphatic hydroxyl groups is 1. The molecular weight excluding hydrogens is 488 g/mol. The highest BCUT2D eigenvalue weighted by Gasteiger charge is 2.67. The highest BCUT2D eigenvalue weighted by molar-refractivity contribution is 5.73. The number of esters is 2. The normalized spacial score (nSPS) is 49.3. The van der Waals surface area contributed by atoms with Gasteiger partial charge in [0.2, 0.25) is 0 Å². The number of carbonyl (C=O) groups excluding carboxylic acids is 2. The Balaban J connectivity index is 0.000000144. The summed E-state index contributed by atoms with van der Waals surface area (Å²) in [5, 5.41) is 10.6. The third-order valence-corrected chi connectivity index (χ3v) is 13.1. The van der Waals surface area contributed by atoms with E-state index in [-0.39, 0.29) is 35.0 Å². The average Bonchev–Trinajstić information content (AvgIpc) is 3.66. The van der Waals surface area contributed by atoms with E-state index >= 15 is 0 Å². The summed E-state index contributed by atoms with van der Waals surface area (Å²) in [6.07, 6.45) is 15.4. The summed E-state index contributed by atoms with van der Waals surface area (Å²) in [5.41, 5.74) is -0.976. The zero-order valence-corrected chi connectivity index (χ0v) is 25.3. The smallest absolute Gasteiger partial charge is 0.309 e. The second kappa shape index (κ2) is 10.0. The van der Waals surface area contributed by atoms with Crippen molar-refractivity contribution in [2.45, 2.75) is 141 Å². The molecule has 11 atom stereocenters. The Morgan fingerprint density at radius 1 is 0.769 bits per heavy atom. The molecule has 0 aromatic carbocycles. The molecule has 220 valence electrons. The Bertz CT molecular complexity index is 945. The number of hydrogen-bond acceptors (Lipinski definition) is 5. The van der Waals surface area contributed by atoms with E-state index in [0.29, 0.717) is 24.2 Å². The molecule has 8 saturated carbocycles. The Kier molecular flexibility index (Phi) is 7.20. The summed E-state index contributed by atoms with van der Waals surface area (Å²) >= 11 is 0. The monoisotopic (exact) mass is 542 g/mol. The molecule has 8 rings (SSSR count). The highest BCUT2D eigenvalue weighted by atomic mass is 16.6. The Morgan fingerprint density at radius 3 is 1.92 bits per heavy atom. The van der Waals surface area contributed by atoms with Gasteiger partial charge in [-0.1, -0.05) is 34.6 Å². The van der Waals surface area contributed by atoms with Gasteiger partial charge in [0.25, 0.3) is 0 Å². The first-order chi connectivity index (χ1) is 18.5. The third-order valence-electron chi connectivity index (χ3n) is 13.1. The number of rotatable bonds is 7. The van der Waals surface area contributed by atoms with Gasteiger partial charge in [-0.2, -0.15) is 0 Å². The van der Waals surface area contributed by atoms with Crippen LogP contribution in [0.3, 0.4) is 0 Å². The Hall–Kier alpha value is -1.10. The lowest BCUT2D eigenvalue weighted by Gasteiger charge is -2.59. The molecule has 0 aromatic rings. The first kappa shape index (κ1) is 28.0. The number of ether oxygens (including phenoxy) is 2. The van der Waals surface area contributed by atoms with Crippen LogP contribution in [0, 0.1) is 59.2 Å². The first-order valence-corrected chi connectivity index (χ1v) is 16.7. The van der Waals surface area contributed by atoms with Crippen molar-refractivity contribution in [1.29, 1.82) is 0 Å². The summed E-state index contributed by atoms with van der Waals surface area (Å²) in [6.45, 7) is 10.3. The van der Waals surface area contributed by atoms with E-state index in [0.717, 1.165) is 74.5 Å². The fraction of sp³-hybridized carbons (Fsp3) is 0.941. The van der Waals surface area contributed by atoms with Crippen molar-refractivity contribution in [2.24, 2.45) is 59.2 Å². The van der Waals surface area contributed by atoms with Crippen molar-refractivity contribution >= 4 is 11.9 Å². The maximum atomic E-state index is 12.4. The molecule has 11 unspecified atom stereocenters. The number of fused-ring (bicyclic) bond motifs is 9. The highest BCUT2D eigenvalue weighted by Crippen LogP contribution is 2.71. The summed E-state index contributed by atoms with van der Waals surface area (Å²) in [7, 11) is 0. The lowest BCUT2D eigenvalue weighted by atomic mass is 9.52. The van der Waals surface area contributed by atoms with Crippen LogP contribution in [0.4, 0.5) is 0 Å². The molecule has 0 aromatic heterocycles. The minimum absolute atomic E-state index is 0.0207. The molecular formula is C34H54O5. The van der Waals surface area contributed by atoms with Crippen LogP contribution in [-0.4, -0.2) is 33.8 Å². The van der Waals surface area contributed by atoms with E-state index < -0.39 is 5.60 Å². The fourth-order valence-corrected chi connectivity index (χ4v) is 11.5. The molecule has 0 amide bonds. The van der Waals surface area contributed by atoms with E-state index in [1.165, 1.54) is 38.5 Å². The van der Waals surface area contributed by atoms with E-state index in [1.54, 1.807) is 0 Å². The van der Waals surface area contributed by atoms with E-state index in [4.69, 9.17) is 9.47 Å². The van der Waals surface area contributed by atoms with Crippen molar-refractivity contribution in [3.8, 4) is 0 Å². The first-order valence-electron chi connectivity index (χ1n) is 16.7. The van der Waals surface area contributed by atoms with Crippen molar-refractivity contribution in [3.05, 3.63) is 0 Å². The fourth-order valence-electron chi connectivity index (χ4n) is 11.5. The van der Waals surface area contributed by atoms with Gasteiger partial charge in [-0.15, -0.1) is 0 Å².